The van der Waals surface area contributed by atoms with Gasteiger partial charge in [0.25, 0.3) is 0 Å². The van der Waals surface area contributed by atoms with Crippen molar-refractivity contribution in [3.63, 3.8) is 0 Å². The maximum Gasteiger partial charge on any atom is 0.416 e. The first kappa shape index (κ1) is 28.3. The molecule has 0 radical (unpaired) electrons. The molecule has 2 aliphatic carbocycles. The molecule has 2 aromatic rings. The van der Waals surface area contributed by atoms with Gasteiger partial charge in [0, 0.05) is 24.2 Å². The van der Waals surface area contributed by atoms with Crippen LogP contribution in [0.25, 0.3) is 10.2 Å². The zero-order valence-corrected chi connectivity index (χ0v) is 24.3. The van der Waals surface area contributed by atoms with Gasteiger partial charge in [-0.3, -0.25) is 9.59 Å². The van der Waals surface area contributed by atoms with Crippen LogP contribution >= 0.6 is 11.3 Å². The van der Waals surface area contributed by atoms with Crippen molar-refractivity contribution in [3.8, 4) is 0 Å². The minimum atomic E-state index is -0.528. The van der Waals surface area contributed by atoms with Crippen LogP contribution in [0.4, 0.5) is 20.0 Å². The lowest BCUT2D eigenvalue weighted by Gasteiger charge is -2.36. The molecule has 1 aromatic carbocycles. The molecule has 3 heterocycles. The lowest BCUT2D eigenvalue weighted by atomic mass is 9.76. The molecule has 2 saturated carbocycles. The molecule has 0 bridgehead atoms. The van der Waals surface area contributed by atoms with Crippen LogP contribution < -0.4 is 16.0 Å². The third kappa shape index (κ3) is 5.80. The molecule has 6 rings (SSSR count). The molecule has 0 spiro atoms. The third-order valence-electron chi connectivity index (χ3n) is 9.79. The number of benzene rings is 1. The molecule has 3 amide bonds. The Labute approximate surface area is 244 Å². The largest absolute Gasteiger partial charge is 0.447 e. The summed E-state index contributed by atoms with van der Waals surface area (Å²) in [7, 11) is 0. The summed E-state index contributed by atoms with van der Waals surface area (Å²) in [5.41, 5.74) is 7.36. The number of rotatable bonds is 7. The van der Waals surface area contributed by atoms with Crippen LogP contribution in [0.3, 0.4) is 0 Å². The highest BCUT2D eigenvalue weighted by molar-refractivity contribution is 7.22. The topological polar surface area (TPSA) is 118 Å². The molecule has 222 valence electrons. The van der Waals surface area contributed by atoms with Crippen LogP contribution in [-0.2, 0) is 14.3 Å². The van der Waals surface area contributed by atoms with Gasteiger partial charge >= 0.3 is 6.09 Å². The predicted octanol–water partition coefficient (Wildman–Crippen LogP) is 5.09. The van der Waals surface area contributed by atoms with E-state index in [1.54, 1.807) is 0 Å². The Morgan fingerprint density at radius 2 is 1.88 bits per heavy atom. The summed E-state index contributed by atoms with van der Waals surface area (Å²) in [5, 5.41) is 3.71. The van der Waals surface area contributed by atoms with Crippen molar-refractivity contribution < 1.29 is 23.5 Å². The molecule has 2 saturated heterocycles. The number of nitrogens with one attached hydrogen (secondary N) is 1. The second-order valence-electron chi connectivity index (χ2n) is 12.2. The predicted molar refractivity (Wildman–Crippen MR) is 157 cm³/mol. The van der Waals surface area contributed by atoms with Gasteiger partial charge in [0.1, 0.15) is 19.3 Å². The number of nitrogens with two attached hydrogens (primary N) is 1. The number of cyclic esters (lactones) is 1. The van der Waals surface area contributed by atoms with Gasteiger partial charge in [-0.25, -0.2) is 19.1 Å². The van der Waals surface area contributed by atoms with E-state index in [4.69, 9.17) is 10.5 Å². The van der Waals surface area contributed by atoms with E-state index in [2.05, 4.69) is 10.3 Å². The van der Waals surface area contributed by atoms with Crippen LogP contribution in [0.1, 0.15) is 64.2 Å². The number of ether oxygens (including phenoxy) is 1. The fourth-order valence-corrected chi connectivity index (χ4v) is 8.52. The fourth-order valence-electron chi connectivity index (χ4n) is 7.50. The smallest absolute Gasteiger partial charge is 0.416 e. The van der Waals surface area contributed by atoms with E-state index in [9.17, 15) is 18.8 Å². The van der Waals surface area contributed by atoms with Crippen molar-refractivity contribution >= 4 is 50.3 Å². The zero-order chi connectivity index (χ0) is 28.5. The number of alkyl halides is 1. The Bertz CT molecular complexity index is 1270. The number of halogens is 1. The Balaban J connectivity index is 1.19. The van der Waals surface area contributed by atoms with Gasteiger partial charge in [-0.2, -0.15) is 0 Å². The van der Waals surface area contributed by atoms with Gasteiger partial charge in [-0.05, 0) is 68.1 Å². The Hall–Kier alpha value is -2.79. The number of thiazole rings is 1. The van der Waals surface area contributed by atoms with Crippen molar-refractivity contribution in [1.29, 1.82) is 0 Å². The van der Waals surface area contributed by atoms with Gasteiger partial charge in [-0.1, -0.05) is 43.4 Å². The zero-order valence-electron chi connectivity index (χ0n) is 23.4. The van der Waals surface area contributed by atoms with Crippen LogP contribution in [0.5, 0.6) is 0 Å². The van der Waals surface area contributed by atoms with Crippen LogP contribution in [-0.4, -0.2) is 66.2 Å². The summed E-state index contributed by atoms with van der Waals surface area (Å²) >= 11 is 1.39. The lowest BCUT2D eigenvalue weighted by Crippen LogP contribution is -2.50. The third-order valence-corrected chi connectivity index (χ3v) is 10.8. The normalized spacial score (nSPS) is 28.2. The maximum atomic E-state index is 14.0. The van der Waals surface area contributed by atoms with Gasteiger partial charge in [0.05, 0.1) is 16.8 Å². The number of nitrogens with zero attached hydrogens (tertiary/aromatic N) is 3. The Kier molecular flexibility index (Phi) is 8.44. The Morgan fingerprint density at radius 1 is 1.10 bits per heavy atom. The molecule has 3 N–H and O–H groups in total. The fraction of sp³-hybridized carbons (Fsp3) is 0.667. The van der Waals surface area contributed by atoms with E-state index >= 15 is 0 Å². The summed E-state index contributed by atoms with van der Waals surface area (Å²) < 4.78 is 19.0. The van der Waals surface area contributed by atoms with Crippen LogP contribution in [0.2, 0.25) is 0 Å². The highest BCUT2D eigenvalue weighted by atomic mass is 32.1. The van der Waals surface area contributed by atoms with Crippen molar-refractivity contribution in [3.05, 3.63) is 18.2 Å². The molecule has 1 aromatic heterocycles. The molecule has 9 nitrogen and oxygen atoms in total. The van der Waals surface area contributed by atoms with E-state index in [1.807, 2.05) is 23.1 Å². The number of fused-ring (bicyclic) bond motifs is 1. The molecular formula is C30H40FN5O4S. The first-order chi connectivity index (χ1) is 19.9. The number of amides is 3. The first-order valence-corrected chi connectivity index (χ1v) is 16.0. The van der Waals surface area contributed by atoms with Gasteiger partial charge in [-0.15, -0.1) is 0 Å². The average molecular weight is 586 g/mol. The highest BCUT2D eigenvalue weighted by Crippen LogP contribution is 2.41. The number of hydrogen-bond acceptors (Lipinski definition) is 7. The highest BCUT2D eigenvalue weighted by Gasteiger charge is 2.47. The SMILES string of the molecule is N[C@H](CF)[C@H]1CC[C@H](C(=O)N2CC[C@@H](C3CCCCC3)[C@H]2C(=O)Nc2ccc3nc(N4CCOC4=O)sc3c2)CC1. The second kappa shape index (κ2) is 12.2. The van der Waals surface area contributed by atoms with Crippen LogP contribution in [0, 0.1) is 23.7 Å². The number of hydrogen-bond donors (Lipinski definition) is 2. The maximum absolute atomic E-state index is 14.0. The minimum absolute atomic E-state index is 0.0655. The van der Waals surface area contributed by atoms with Crippen LogP contribution in [0.15, 0.2) is 18.2 Å². The quantitative estimate of drug-likeness (QED) is 0.467. The molecule has 0 unspecified atom stereocenters. The first-order valence-electron chi connectivity index (χ1n) is 15.2. The molecule has 41 heavy (non-hydrogen) atoms. The van der Waals surface area contributed by atoms with E-state index in [-0.39, 0.29) is 29.6 Å². The summed E-state index contributed by atoms with van der Waals surface area (Å²) in [4.78, 5) is 47.8. The summed E-state index contributed by atoms with van der Waals surface area (Å²) in [6.45, 7) is 0.896. The average Bonchev–Trinajstić information content (AvgIpc) is 3.74. The molecular weight excluding hydrogens is 545 g/mol. The number of carbonyl (C=O) groups excluding carboxylic acids is 3. The van der Waals surface area contributed by atoms with E-state index in [0.29, 0.717) is 49.3 Å². The molecule has 4 aliphatic rings. The molecule has 3 atom stereocenters. The van der Waals surface area contributed by atoms with Crippen molar-refractivity contribution in [1.82, 2.24) is 9.88 Å². The van der Waals surface area contributed by atoms with Crippen molar-refractivity contribution in [2.24, 2.45) is 29.4 Å². The van der Waals surface area contributed by atoms with Crippen molar-refractivity contribution in [2.45, 2.75) is 76.3 Å². The molecule has 2 aliphatic heterocycles. The minimum Gasteiger partial charge on any atom is -0.447 e. The van der Waals surface area contributed by atoms with Gasteiger partial charge in [0.2, 0.25) is 11.8 Å². The number of anilines is 2. The lowest BCUT2D eigenvalue weighted by molar-refractivity contribution is -0.142. The standard InChI is InChI=1S/C30H40FN5O4S/c31-17-23(32)19-6-8-20(9-7-19)28(38)35-13-12-22(18-4-2-1-3-5-18)26(35)27(37)33-21-10-11-24-25(16-21)41-29(34-24)36-14-15-40-30(36)39/h10-11,16,18-20,22-23,26H,1-9,12-15,17,32H2,(H,33,37)/t19-,20-,22-,23+,26-/m0/s1. The van der Waals surface area contributed by atoms with Gasteiger partial charge < -0.3 is 20.7 Å². The van der Waals surface area contributed by atoms with E-state index in [1.165, 1.54) is 35.5 Å². The van der Waals surface area contributed by atoms with Crippen molar-refractivity contribution in [2.75, 3.05) is 36.6 Å². The Morgan fingerprint density at radius 3 is 2.59 bits per heavy atom. The monoisotopic (exact) mass is 585 g/mol. The second-order valence-corrected chi connectivity index (χ2v) is 13.2. The number of likely N-dealkylation sites (tertiary alicyclic amines) is 1. The van der Waals surface area contributed by atoms with Gasteiger partial charge in [0.15, 0.2) is 5.13 Å². The summed E-state index contributed by atoms with van der Waals surface area (Å²) in [6, 6.07) is 4.62. The number of aromatic nitrogens is 1. The summed E-state index contributed by atoms with van der Waals surface area (Å²) in [6.07, 6.45) is 9.17. The molecule has 4 fully saturated rings. The number of carbonyl (C=O) groups is 3. The summed E-state index contributed by atoms with van der Waals surface area (Å²) in [5.74, 6) is 0.512. The van der Waals surface area contributed by atoms with E-state index < -0.39 is 24.9 Å². The van der Waals surface area contributed by atoms with E-state index in [0.717, 1.165) is 42.3 Å². The molecule has 11 heteroatoms.